The summed E-state index contributed by atoms with van der Waals surface area (Å²) in [4.78, 5) is 24.4. The summed E-state index contributed by atoms with van der Waals surface area (Å²) >= 11 is 0. The summed E-state index contributed by atoms with van der Waals surface area (Å²) in [6.45, 7) is 7.86. The standard InChI is InChI=1S/C20H28O5/c1-12-15(21)25-20-10-6-13-17(2,7-4-8-18(13,3)16(22)23)14(20)5-9-19(12,24)11-20/h13-14,24H,1,4-11H2,2-3H3,(H,22,23)/t13-,14-,17+,18+,19-,20+/m0/s1. The first-order chi connectivity index (χ1) is 11.6. The number of carboxylic acids is 1. The van der Waals surface area contributed by atoms with Gasteiger partial charge in [0.1, 0.15) is 5.60 Å². The minimum absolute atomic E-state index is 0.0805. The van der Waals surface area contributed by atoms with Crippen molar-refractivity contribution in [3.63, 3.8) is 0 Å². The Labute approximate surface area is 148 Å². The zero-order valence-electron chi connectivity index (χ0n) is 15.1. The zero-order chi connectivity index (χ0) is 18.3. The summed E-state index contributed by atoms with van der Waals surface area (Å²) in [7, 11) is 0. The highest BCUT2D eigenvalue weighted by Crippen LogP contribution is 2.67. The third kappa shape index (κ3) is 1.99. The molecule has 6 atom stereocenters. The topological polar surface area (TPSA) is 83.8 Å². The third-order valence-electron chi connectivity index (χ3n) is 8.29. The van der Waals surface area contributed by atoms with E-state index in [1.807, 2.05) is 6.92 Å². The van der Waals surface area contributed by atoms with Crippen molar-refractivity contribution in [2.24, 2.45) is 22.7 Å². The highest BCUT2D eigenvalue weighted by Gasteiger charge is 2.68. The van der Waals surface area contributed by atoms with Crippen LogP contribution in [0.25, 0.3) is 0 Å². The first-order valence-corrected chi connectivity index (χ1v) is 9.46. The molecule has 0 aromatic heterocycles. The van der Waals surface area contributed by atoms with E-state index in [1.165, 1.54) is 0 Å². The third-order valence-corrected chi connectivity index (χ3v) is 8.29. The summed E-state index contributed by atoms with van der Waals surface area (Å²) in [6.07, 6.45) is 5.61. The van der Waals surface area contributed by atoms with Crippen molar-refractivity contribution in [1.29, 1.82) is 0 Å². The Morgan fingerprint density at radius 1 is 1.16 bits per heavy atom. The predicted molar refractivity (Wildman–Crippen MR) is 90.7 cm³/mol. The van der Waals surface area contributed by atoms with Gasteiger partial charge >= 0.3 is 11.9 Å². The minimum Gasteiger partial charge on any atom is -0.481 e. The van der Waals surface area contributed by atoms with E-state index < -0.39 is 28.6 Å². The van der Waals surface area contributed by atoms with Gasteiger partial charge in [-0.2, -0.15) is 0 Å². The second-order valence-electron chi connectivity index (χ2n) is 9.41. The Bertz CT molecular complexity index is 671. The number of carbonyl (C=O) groups is 2. The van der Waals surface area contributed by atoms with Gasteiger partial charge in [-0.05, 0) is 56.8 Å². The van der Waals surface area contributed by atoms with Crippen LogP contribution < -0.4 is 0 Å². The molecule has 0 radical (unpaired) electrons. The summed E-state index contributed by atoms with van der Waals surface area (Å²) in [5, 5.41) is 20.9. The fraction of sp³-hybridized carbons (Fsp3) is 0.800. The number of carbonyl (C=O) groups excluding carboxylic acids is 1. The first kappa shape index (κ1) is 17.1. The summed E-state index contributed by atoms with van der Waals surface area (Å²) in [5.74, 6) is -0.995. The maximum atomic E-state index is 12.4. The number of esters is 1. The monoisotopic (exact) mass is 348 g/mol. The number of carboxylic acid groups (broad SMARTS) is 1. The zero-order valence-corrected chi connectivity index (χ0v) is 15.1. The molecule has 3 aliphatic carbocycles. The second-order valence-corrected chi connectivity index (χ2v) is 9.41. The maximum absolute atomic E-state index is 12.4. The van der Waals surface area contributed by atoms with Crippen molar-refractivity contribution in [3.05, 3.63) is 12.2 Å². The van der Waals surface area contributed by atoms with Gasteiger partial charge in [0.2, 0.25) is 0 Å². The van der Waals surface area contributed by atoms with Crippen LogP contribution in [0.2, 0.25) is 0 Å². The van der Waals surface area contributed by atoms with Crippen LogP contribution in [0, 0.1) is 22.7 Å². The molecule has 2 N–H and O–H groups in total. The summed E-state index contributed by atoms with van der Waals surface area (Å²) < 4.78 is 5.92. The van der Waals surface area contributed by atoms with Crippen LogP contribution in [0.3, 0.4) is 0 Å². The number of hydrogen-bond acceptors (Lipinski definition) is 4. The van der Waals surface area contributed by atoms with Gasteiger partial charge in [0.25, 0.3) is 0 Å². The summed E-state index contributed by atoms with van der Waals surface area (Å²) in [6, 6.07) is 0. The van der Waals surface area contributed by atoms with Crippen LogP contribution >= 0.6 is 0 Å². The lowest BCUT2D eigenvalue weighted by Crippen LogP contribution is -2.68. The Morgan fingerprint density at radius 2 is 1.84 bits per heavy atom. The molecular weight excluding hydrogens is 320 g/mol. The fourth-order valence-corrected chi connectivity index (χ4v) is 7.02. The number of aliphatic carboxylic acids is 1. The van der Waals surface area contributed by atoms with Gasteiger partial charge in [0, 0.05) is 12.3 Å². The normalized spacial score (nSPS) is 52.0. The molecule has 2 bridgehead atoms. The minimum atomic E-state index is -1.15. The van der Waals surface area contributed by atoms with Crippen LogP contribution in [0.1, 0.15) is 65.2 Å². The van der Waals surface area contributed by atoms with Gasteiger partial charge in [0.05, 0.1) is 16.6 Å². The van der Waals surface area contributed by atoms with Crippen molar-refractivity contribution in [2.75, 3.05) is 0 Å². The molecule has 4 fully saturated rings. The molecule has 3 saturated carbocycles. The van der Waals surface area contributed by atoms with Crippen molar-refractivity contribution in [1.82, 2.24) is 0 Å². The highest BCUT2D eigenvalue weighted by molar-refractivity contribution is 5.91. The lowest BCUT2D eigenvalue weighted by Gasteiger charge is -2.66. The molecule has 0 aromatic carbocycles. The van der Waals surface area contributed by atoms with Gasteiger partial charge < -0.3 is 14.9 Å². The van der Waals surface area contributed by atoms with Crippen molar-refractivity contribution >= 4 is 11.9 Å². The molecule has 4 aliphatic rings. The Kier molecular flexibility index (Phi) is 3.33. The number of hydrogen-bond donors (Lipinski definition) is 2. The molecular formula is C20H28O5. The van der Waals surface area contributed by atoms with Crippen LogP contribution in [-0.4, -0.2) is 33.4 Å². The van der Waals surface area contributed by atoms with E-state index >= 15 is 0 Å². The quantitative estimate of drug-likeness (QED) is 0.562. The van der Waals surface area contributed by atoms with Crippen molar-refractivity contribution < 1.29 is 24.5 Å². The van der Waals surface area contributed by atoms with Crippen LogP contribution in [0.4, 0.5) is 0 Å². The van der Waals surface area contributed by atoms with Crippen LogP contribution in [-0.2, 0) is 14.3 Å². The van der Waals surface area contributed by atoms with Crippen LogP contribution in [0.5, 0.6) is 0 Å². The molecule has 1 heterocycles. The van der Waals surface area contributed by atoms with Crippen molar-refractivity contribution in [3.8, 4) is 0 Å². The van der Waals surface area contributed by atoms with E-state index in [-0.39, 0.29) is 22.8 Å². The molecule has 1 aliphatic heterocycles. The number of rotatable bonds is 1. The molecule has 138 valence electrons. The van der Waals surface area contributed by atoms with Crippen molar-refractivity contribution in [2.45, 2.75) is 76.4 Å². The second kappa shape index (κ2) is 4.87. The van der Waals surface area contributed by atoms with E-state index in [4.69, 9.17) is 4.74 Å². The van der Waals surface area contributed by atoms with Gasteiger partial charge in [-0.15, -0.1) is 0 Å². The Balaban J connectivity index is 1.76. The fourth-order valence-electron chi connectivity index (χ4n) is 7.02. The Morgan fingerprint density at radius 3 is 2.52 bits per heavy atom. The molecule has 1 spiro atoms. The van der Waals surface area contributed by atoms with Gasteiger partial charge in [-0.25, -0.2) is 4.79 Å². The average Bonchev–Trinajstić information content (AvgIpc) is 2.52. The molecule has 0 aromatic rings. The number of fused-ring (bicyclic) bond motifs is 3. The average molecular weight is 348 g/mol. The molecule has 1 saturated heterocycles. The largest absolute Gasteiger partial charge is 0.481 e. The smallest absolute Gasteiger partial charge is 0.336 e. The summed E-state index contributed by atoms with van der Waals surface area (Å²) in [5.41, 5.74) is -2.52. The lowest BCUT2D eigenvalue weighted by molar-refractivity contribution is -0.247. The molecule has 4 rings (SSSR count). The van der Waals surface area contributed by atoms with Gasteiger partial charge in [0.15, 0.2) is 0 Å². The maximum Gasteiger partial charge on any atom is 0.336 e. The number of ether oxygens (including phenoxy) is 1. The predicted octanol–water partition coefficient (Wildman–Crippen LogP) is 3.06. The molecule has 0 unspecified atom stereocenters. The Hall–Kier alpha value is -1.36. The molecule has 0 amide bonds. The van der Waals surface area contributed by atoms with E-state index in [1.54, 1.807) is 0 Å². The highest BCUT2D eigenvalue weighted by atomic mass is 16.6. The molecule has 5 heteroatoms. The van der Waals surface area contributed by atoms with E-state index in [2.05, 4.69) is 13.5 Å². The van der Waals surface area contributed by atoms with E-state index in [9.17, 15) is 19.8 Å². The van der Waals surface area contributed by atoms with Crippen LogP contribution in [0.15, 0.2) is 12.2 Å². The SMILES string of the molecule is C=C1C(=O)O[C@@]23CC[C@H]4[C@@](C)(CCC[C@@]4(C)C(=O)O)[C@@H]2CC[C@]1(O)C3. The number of aliphatic hydroxyl groups is 1. The van der Waals surface area contributed by atoms with E-state index in [0.29, 0.717) is 25.7 Å². The van der Waals surface area contributed by atoms with Gasteiger partial charge in [-0.1, -0.05) is 19.9 Å². The van der Waals surface area contributed by atoms with Gasteiger partial charge in [-0.3, -0.25) is 4.79 Å². The lowest BCUT2D eigenvalue weighted by atomic mass is 9.42. The first-order valence-electron chi connectivity index (χ1n) is 9.46. The molecule has 25 heavy (non-hydrogen) atoms. The molecule has 5 nitrogen and oxygen atoms in total. The van der Waals surface area contributed by atoms with E-state index in [0.717, 1.165) is 25.7 Å².